The van der Waals surface area contributed by atoms with Crippen LogP contribution in [0.4, 0.5) is 0 Å². The van der Waals surface area contributed by atoms with Crippen LogP contribution < -0.4 is 5.32 Å². The molecule has 1 nitrogen and oxygen atoms in total. The number of rotatable bonds is 3. The van der Waals surface area contributed by atoms with Crippen LogP contribution in [-0.4, -0.2) is 13.1 Å². The summed E-state index contributed by atoms with van der Waals surface area (Å²) in [6.45, 7) is 11.1. The topological polar surface area (TPSA) is 12.0 Å². The van der Waals surface area contributed by atoms with Crippen LogP contribution in [0.1, 0.15) is 53.4 Å². The standard InChI is InChI=1S/C10H21N.C2H6/c1-3-5-10-8-11-7-6-9(10)4-2;1-2/h9-11H,3-8H2,1-2H3;1-2H3. The van der Waals surface area contributed by atoms with Gasteiger partial charge >= 0.3 is 0 Å². The van der Waals surface area contributed by atoms with Crippen LogP contribution >= 0.6 is 0 Å². The van der Waals surface area contributed by atoms with E-state index in [1.54, 1.807) is 0 Å². The summed E-state index contributed by atoms with van der Waals surface area (Å²) in [6.07, 6.45) is 5.56. The smallest absolute Gasteiger partial charge is 0.00179 e. The highest BCUT2D eigenvalue weighted by molar-refractivity contribution is 4.76. The summed E-state index contributed by atoms with van der Waals surface area (Å²) >= 11 is 0. The van der Waals surface area contributed by atoms with Crippen LogP contribution in [-0.2, 0) is 0 Å². The quantitative estimate of drug-likeness (QED) is 0.710. The minimum absolute atomic E-state index is 0.971. The van der Waals surface area contributed by atoms with Crippen LogP contribution in [0.15, 0.2) is 0 Å². The molecular weight excluding hydrogens is 158 g/mol. The van der Waals surface area contributed by atoms with E-state index in [0.717, 1.165) is 11.8 Å². The molecule has 0 aromatic rings. The Labute approximate surface area is 84.3 Å². The van der Waals surface area contributed by atoms with Gasteiger partial charge in [0.2, 0.25) is 0 Å². The minimum atomic E-state index is 0.971. The summed E-state index contributed by atoms with van der Waals surface area (Å²) in [5.41, 5.74) is 0. The van der Waals surface area contributed by atoms with E-state index in [0.29, 0.717) is 0 Å². The van der Waals surface area contributed by atoms with Crippen molar-refractivity contribution in [2.75, 3.05) is 13.1 Å². The van der Waals surface area contributed by atoms with Gasteiger partial charge in [0.25, 0.3) is 0 Å². The molecule has 0 amide bonds. The van der Waals surface area contributed by atoms with Gasteiger partial charge in [-0.2, -0.15) is 0 Å². The van der Waals surface area contributed by atoms with E-state index < -0.39 is 0 Å². The lowest BCUT2D eigenvalue weighted by Gasteiger charge is -2.31. The Morgan fingerprint density at radius 2 is 1.85 bits per heavy atom. The Morgan fingerprint density at radius 3 is 2.38 bits per heavy atom. The molecule has 1 N–H and O–H groups in total. The predicted octanol–water partition coefficient (Wildman–Crippen LogP) is 3.45. The van der Waals surface area contributed by atoms with E-state index >= 15 is 0 Å². The maximum absolute atomic E-state index is 3.48. The van der Waals surface area contributed by atoms with E-state index in [9.17, 15) is 0 Å². The summed E-state index contributed by atoms with van der Waals surface area (Å²) in [5, 5.41) is 3.48. The summed E-state index contributed by atoms with van der Waals surface area (Å²) in [4.78, 5) is 0. The first-order chi connectivity index (χ1) is 6.38. The Hall–Kier alpha value is -0.0400. The molecule has 2 atom stereocenters. The highest BCUT2D eigenvalue weighted by Gasteiger charge is 2.21. The first kappa shape index (κ1) is 13.0. The van der Waals surface area contributed by atoms with Gasteiger partial charge in [0.15, 0.2) is 0 Å². The fourth-order valence-electron chi connectivity index (χ4n) is 2.22. The first-order valence-electron chi connectivity index (χ1n) is 6.09. The second-order valence-corrected chi connectivity index (χ2v) is 3.71. The molecule has 1 rings (SSSR count). The maximum Gasteiger partial charge on any atom is -0.00179 e. The van der Waals surface area contributed by atoms with Crippen molar-refractivity contribution in [3.63, 3.8) is 0 Å². The van der Waals surface area contributed by atoms with E-state index in [-0.39, 0.29) is 0 Å². The Morgan fingerprint density at radius 1 is 1.15 bits per heavy atom. The number of nitrogens with one attached hydrogen (secondary N) is 1. The number of hydrogen-bond donors (Lipinski definition) is 1. The average Bonchev–Trinajstić information content (AvgIpc) is 2.22. The highest BCUT2D eigenvalue weighted by atomic mass is 14.9. The van der Waals surface area contributed by atoms with Crippen molar-refractivity contribution in [2.24, 2.45) is 11.8 Å². The lowest BCUT2D eigenvalue weighted by Crippen LogP contribution is -2.36. The van der Waals surface area contributed by atoms with Crippen LogP contribution in [0, 0.1) is 11.8 Å². The molecule has 1 fully saturated rings. The highest BCUT2D eigenvalue weighted by Crippen LogP contribution is 2.25. The van der Waals surface area contributed by atoms with Crippen molar-refractivity contribution in [3.05, 3.63) is 0 Å². The molecule has 1 aliphatic heterocycles. The molecule has 1 aliphatic rings. The second-order valence-electron chi connectivity index (χ2n) is 3.71. The molecular formula is C12H27N. The molecule has 1 heteroatoms. The second kappa shape index (κ2) is 8.55. The third-order valence-corrected chi connectivity index (χ3v) is 2.95. The van der Waals surface area contributed by atoms with Crippen LogP contribution in [0.25, 0.3) is 0 Å². The van der Waals surface area contributed by atoms with Gasteiger partial charge in [-0.1, -0.05) is 40.5 Å². The lowest BCUT2D eigenvalue weighted by atomic mass is 9.82. The van der Waals surface area contributed by atoms with Crippen molar-refractivity contribution >= 4 is 0 Å². The van der Waals surface area contributed by atoms with Gasteiger partial charge in [-0.25, -0.2) is 0 Å². The largest absolute Gasteiger partial charge is 0.316 e. The lowest BCUT2D eigenvalue weighted by molar-refractivity contribution is 0.233. The van der Waals surface area contributed by atoms with E-state index in [1.807, 2.05) is 13.8 Å². The number of hydrogen-bond acceptors (Lipinski definition) is 1. The molecule has 0 aromatic heterocycles. The van der Waals surface area contributed by atoms with Gasteiger partial charge in [0.05, 0.1) is 0 Å². The average molecular weight is 185 g/mol. The van der Waals surface area contributed by atoms with Gasteiger partial charge in [-0.15, -0.1) is 0 Å². The predicted molar refractivity (Wildman–Crippen MR) is 61.0 cm³/mol. The fraction of sp³-hybridized carbons (Fsp3) is 1.00. The van der Waals surface area contributed by atoms with Gasteiger partial charge in [-0.05, 0) is 37.8 Å². The van der Waals surface area contributed by atoms with E-state index in [2.05, 4.69) is 19.2 Å². The summed E-state index contributed by atoms with van der Waals surface area (Å²) in [6, 6.07) is 0. The Kier molecular flexibility index (Phi) is 8.53. The normalized spacial score (nSPS) is 27.7. The van der Waals surface area contributed by atoms with Crippen molar-refractivity contribution in [2.45, 2.75) is 53.4 Å². The zero-order valence-corrected chi connectivity index (χ0v) is 9.90. The zero-order chi connectivity index (χ0) is 10.1. The monoisotopic (exact) mass is 185 g/mol. The summed E-state index contributed by atoms with van der Waals surface area (Å²) < 4.78 is 0. The molecule has 0 aliphatic carbocycles. The van der Waals surface area contributed by atoms with Gasteiger partial charge in [0.1, 0.15) is 0 Å². The molecule has 80 valence electrons. The molecule has 0 saturated carbocycles. The van der Waals surface area contributed by atoms with Crippen molar-refractivity contribution < 1.29 is 0 Å². The SMILES string of the molecule is CC.CCCC1CNCCC1CC. The van der Waals surface area contributed by atoms with Crippen LogP contribution in [0.2, 0.25) is 0 Å². The third-order valence-electron chi connectivity index (χ3n) is 2.95. The molecule has 0 spiro atoms. The fourth-order valence-corrected chi connectivity index (χ4v) is 2.22. The maximum atomic E-state index is 3.48. The van der Waals surface area contributed by atoms with Crippen molar-refractivity contribution in [3.8, 4) is 0 Å². The molecule has 1 saturated heterocycles. The molecule has 0 radical (unpaired) electrons. The first-order valence-corrected chi connectivity index (χ1v) is 6.09. The number of piperidine rings is 1. The van der Waals surface area contributed by atoms with Crippen LogP contribution in [0.3, 0.4) is 0 Å². The summed E-state index contributed by atoms with van der Waals surface area (Å²) in [5.74, 6) is 1.98. The van der Waals surface area contributed by atoms with E-state index in [1.165, 1.54) is 38.8 Å². The van der Waals surface area contributed by atoms with Gasteiger partial charge in [0, 0.05) is 0 Å². The molecule has 0 aromatic carbocycles. The minimum Gasteiger partial charge on any atom is -0.316 e. The van der Waals surface area contributed by atoms with Crippen molar-refractivity contribution in [1.29, 1.82) is 0 Å². The van der Waals surface area contributed by atoms with E-state index in [4.69, 9.17) is 0 Å². The Bertz CT molecular complexity index is 99.3. The molecule has 1 heterocycles. The molecule has 13 heavy (non-hydrogen) atoms. The third kappa shape index (κ3) is 4.66. The summed E-state index contributed by atoms with van der Waals surface area (Å²) in [7, 11) is 0. The Balaban J connectivity index is 0.000000671. The zero-order valence-electron chi connectivity index (χ0n) is 9.90. The van der Waals surface area contributed by atoms with Crippen LogP contribution in [0.5, 0.6) is 0 Å². The molecule has 2 unspecified atom stereocenters. The van der Waals surface area contributed by atoms with Gasteiger partial charge in [-0.3, -0.25) is 0 Å². The molecule has 0 bridgehead atoms. The van der Waals surface area contributed by atoms with Crippen molar-refractivity contribution in [1.82, 2.24) is 5.32 Å². The van der Waals surface area contributed by atoms with Gasteiger partial charge < -0.3 is 5.32 Å².